The zero-order chi connectivity index (χ0) is 13.0. The lowest BCUT2D eigenvalue weighted by Crippen LogP contribution is -2.45. The van der Waals surface area contributed by atoms with Crippen LogP contribution in [0.2, 0.25) is 0 Å². The van der Waals surface area contributed by atoms with Crippen LogP contribution in [0.1, 0.15) is 19.3 Å². The van der Waals surface area contributed by atoms with Crippen LogP contribution in [0.4, 0.5) is 8.78 Å². The van der Waals surface area contributed by atoms with Crippen LogP contribution >= 0.6 is 0 Å². The number of nitrogens with zero attached hydrogens (tertiary/aromatic N) is 1. The summed E-state index contributed by atoms with van der Waals surface area (Å²) in [5.74, 6) is -0.537. The molecule has 0 radical (unpaired) electrons. The van der Waals surface area contributed by atoms with Crippen molar-refractivity contribution in [3.05, 3.63) is 0 Å². The SMILES string of the molecule is OCCNC1CN(CC2C(F)CCCC2F)NN1. The minimum atomic E-state index is -1.04. The first-order chi connectivity index (χ1) is 8.70. The highest BCUT2D eigenvalue weighted by atomic mass is 19.1. The van der Waals surface area contributed by atoms with E-state index in [4.69, 9.17) is 5.11 Å². The van der Waals surface area contributed by atoms with Crippen LogP contribution in [-0.2, 0) is 0 Å². The Balaban J connectivity index is 1.76. The Hall–Kier alpha value is -0.340. The maximum Gasteiger partial charge on any atom is 0.107 e. The highest BCUT2D eigenvalue weighted by molar-refractivity contribution is 4.85. The lowest BCUT2D eigenvalue weighted by atomic mass is 9.85. The van der Waals surface area contributed by atoms with Gasteiger partial charge in [0.05, 0.1) is 12.8 Å². The monoisotopic (exact) mass is 264 g/mol. The molecule has 2 rings (SSSR count). The number of alkyl halides is 2. The minimum Gasteiger partial charge on any atom is -0.395 e. The quantitative estimate of drug-likeness (QED) is 0.549. The Morgan fingerprint density at radius 3 is 2.67 bits per heavy atom. The number of nitrogens with one attached hydrogen (secondary N) is 3. The molecular formula is C11H22F2N4O. The van der Waals surface area contributed by atoms with Crippen molar-refractivity contribution in [1.82, 2.24) is 21.3 Å². The van der Waals surface area contributed by atoms with Crippen LogP contribution in [0.15, 0.2) is 0 Å². The molecule has 5 nitrogen and oxygen atoms in total. The molecule has 106 valence electrons. The molecule has 4 N–H and O–H groups in total. The molecule has 0 aromatic carbocycles. The van der Waals surface area contributed by atoms with Gasteiger partial charge in [-0.05, 0) is 19.3 Å². The second-order valence-corrected chi connectivity index (χ2v) is 5.02. The molecule has 2 fully saturated rings. The summed E-state index contributed by atoms with van der Waals surface area (Å²) in [4.78, 5) is 0. The molecule has 0 spiro atoms. The molecule has 18 heavy (non-hydrogen) atoms. The second kappa shape index (κ2) is 6.72. The van der Waals surface area contributed by atoms with Crippen molar-refractivity contribution in [2.75, 3.05) is 26.2 Å². The first-order valence-corrected chi connectivity index (χ1v) is 6.59. The van der Waals surface area contributed by atoms with E-state index in [0.29, 0.717) is 38.9 Å². The van der Waals surface area contributed by atoms with E-state index >= 15 is 0 Å². The van der Waals surface area contributed by atoms with Crippen molar-refractivity contribution < 1.29 is 13.9 Å². The molecular weight excluding hydrogens is 242 g/mol. The third kappa shape index (κ3) is 3.58. The van der Waals surface area contributed by atoms with Crippen LogP contribution in [0, 0.1) is 5.92 Å². The summed E-state index contributed by atoms with van der Waals surface area (Å²) in [5, 5.41) is 13.6. The summed E-state index contributed by atoms with van der Waals surface area (Å²) in [7, 11) is 0. The summed E-state index contributed by atoms with van der Waals surface area (Å²) < 4.78 is 27.4. The number of hydrazine groups is 2. The van der Waals surface area contributed by atoms with Crippen molar-refractivity contribution in [3.8, 4) is 0 Å². The van der Waals surface area contributed by atoms with Crippen LogP contribution in [0.25, 0.3) is 0 Å². The first kappa shape index (κ1) is 14.1. The fourth-order valence-electron chi connectivity index (χ4n) is 2.60. The molecule has 1 heterocycles. The maximum absolute atomic E-state index is 13.7. The zero-order valence-electron chi connectivity index (χ0n) is 10.4. The van der Waals surface area contributed by atoms with Gasteiger partial charge in [-0.1, -0.05) is 0 Å². The fraction of sp³-hybridized carbons (Fsp3) is 1.00. The summed E-state index contributed by atoms with van der Waals surface area (Å²) >= 11 is 0. The fourth-order valence-corrected chi connectivity index (χ4v) is 2.60. The smallest absolute Gasteiger partial charge is 0.107 e. The Morgan fingerprint density at radius 2 is 2.00 bits per heavy atom. The van der Waals surface area contributed by atoms with E-state index in [1.165, 1.54) is 0 Å². The van der Waals surface area contributed by atoms with Gasteiger partial charge in [0.15, 0.2) is 0 Å². The molecule has 0 bridgehead atoms. The van der Waals surface area contributed by atoms with Gasteiger partial charge in [-0.3, -0.25) is 5.32 Å². The van der Waals surface area contributed by atoms with Gasteiger partial charge in [0.1, 0.15) is 12.3 Å². The first-order valence-electron chi connectivity index (χ1n) is 6.59. The van der Waals surface area contributed by atoms with Gasteiger partial charge in [0.2, 0.25) is 0 Å². The minimum absolute atomic E-state index is 0.00290. The second-order valence-electron chi connectivity index (χ2n) is 5.02. The lowest BCUT2D eigenvalue weighted by Gasteiger charge is -2.32. The highest BCUT2D eigenvalue weighted by Gasteiger charge is 2.36. The average Bonchev–Trinajstić information content (AvgIpc) is 2.79. The molecule has 2 aliphatic rings. The van der Waals surface area contributed by atoms with E-state index in [1.807, 2.05) is 0 Å². The lowest BCUT2D eigenvalue weighted by molar-refractivity contribution is 0.0388. The van der Waals surface area contributed by atoms with Crippen LogP contribution in [0.5, 0.6) is 0 Å². The van der Waals surface area contributed by atoms with E-state index in [9.17, 15) is 8.78 Å². The summed E-state index contributed by atoms with van der Waals surface area (Å²) in [5.41, 5.74) is 5.88. The van der Waals surface area contributed by atoms with Crippen molar-refractivity contribution in [2.24, 2.45) is 5.92 Å². The van der Waals surface area contributed by atoms with Crippen LogP contribution < -0.4 is 16.3 Å². The van der Waals surface area contributed by atoms with E-state index in [1.54, 1.807) is 5.01 Å². The van der Waals surface area contributed by atoms with Gasteiger partial charge in [-0.25, -0.2) is 19.2 Å². The highest BCUT2D eigenvalue weighted by Crippen LogP contribution is 2.30. The van der Waals surface area contributed by atoms with Gasteiger partial charge in [-0.2, -0.15) is 5.53 Å². The molecule has 0 aromatic heterocycles. The molecule has 1 saturated carbocycles. The van der Waals surface area contributed by atoms with E-state index < -0.39 is 18.3 Å². The van der Waals surface area contributed by atoms with Crippen molar-refractivity contribution in [1.29, 1.82) is 0 Å². The number of hydrogen-bond acceptors (Lipinski definition) is 5. The topological polar surface area (TPSA) is 59.6 Å². The maximum atomic E-state index is 13.7. The third-order valence-electron chi connectivity index (χ3n) is 3.62. The number of aliphatic hydroxyl groups excluding tert-OH is 1. The Morgan fingerprint density at radius 1 is 1.28 bits per heavy atom. The molecule has 1 aliphatic carbocycles. The Kier molecular flexibility index (Phi) is 5.25. The van der Waals surface area contributed by atoms with E-state index in [0.717, 1.165) is 0 Å². The predicted octanol–water partition coefficient (Wildman–Crippen LogP) is -0.304. The molecule has 0 aromatic rings. The van der Waals surface area contributed by atoms with Gasteiger partial charge >= 0.3 is 0 Å². The molecule has 3 unspecified atom stereocenters. The Bertz CT molecular complexity index is 249. The van der Waals surface area contributed by atoms with Crippen LogP contribution in [-0.4, -0.2) is 54.9 Å². The molecule has 1 aliphatic heterocycles. The van der Waals surface area contributed by atoms with E-state index in [-0.39, 0.29) is 12.8 Å². The number of rotatable bonds is 5. The standard InChI is InChI=1S/C11H22F2N4O/c12-9-2-1-3-10(13)8(9)6-17-7-11(15-16-17)14-4-5-18/h8-11,14-16,18H,1-7H2. The van der Waals surface area contributed by atoms with E-state index in [2.05, 4.69) is 16.3 Å². The number of hydrogen-bond donors (Lipinski definition) is 4. The summed E-state index contributed by atoms with van der Waals surface area (Å²) in [6.45, 7) is 1.55. The van der Waals surface area contributed by atoms with Gasteiger partial charge < -0.3 is 5.11 Å². The molecule has 1 saturated heterocycles. The molecule has 3 atom stereocenters. The predicted molar refractivity (Wildman–Crippen MR) is 63.9 cm³/mol. The molecule has 0 amide bonds. The van der Waals surface area contributed by atoms with Gasteiger partial charge in [-0.15, -0.1) is 0 Å². The van der Waals surface area contributed by atoms with Crippen molar-refractivity contribution >= 4 is 0 Å². The number of aliphatic hydroxyl groups is 1. The van der Waals surface area contributed by atoms with Crippen molar-refractivity contribution in [3.63, 3.8) is 0 Å². The average molecular weight is 264 g/mol. The Labute approximate surface area is 106 Å². The number of halogens is 2. The normalized spacial score (nSPS) is 38.2. The van der Waals surface area contributed by atoms with Gasteiger partial charge in [0, 0.05) is 25.6 Å². The van der Waals surface area contributed by atoms with Crippen LogP contribution in [0.3, 0.4) is 0 Å². The molecule has 7 heteroatoms. The third-order valence-corrected chi connectivity index (χ3v) is 3.62. The van der Waals surface area contributed by atoms with Crippen molar-refractivity contribution in [2.45, 2.75) is 37.8 Å². The summed E-state index contributed by atoms with van der Waals surface area (Å²) in [6, 6.07) is 0. The largest absolute Gasteiger partial charge is 0.395 e. The summed E-state index contributed by atoms with van der Waals surface area (Å²) in [6.07, 6.45) is -0.501. The zero-order valence-corrected chi connectivity index (χ0v) is 10.4. The van der Waals surface area contributed by atoms with Gasteiger partial charge in [0.25, 0.3) is 0 Å².